The molecular weight excluding hydrogens is 314 g/mol. The molecule has 0 aliphatic carbocycles. The number of hydrogen-bond acceptors (Lipinski definition) is 4. The number of fused-ring (bicyclic) bond motifs is 1. The fraction of sp³-hybridized carbons (Fsp3) is 0.412. The Kier molecular flexibility index (Phi) is 5.44. The molecule has 124 valence electrons. The third-order valence-corrected chi connectivity index (χ3v) is 3.55. The maximum Gasteiger partial charge on any atom is 0.407 e. The number of nitrogens with two attached hydrogens (primary N) is 1. The molecule has 0 fully saturated rings. The molecule has 0 saturated heterocycles. The Morgan fingerprint density at radius 3 is 2.83 bits per heavy atom. The van der Waals surface area contributed by atoms with Crippen molar-refractivity contribution in [2.24, 2.45) is 5.73 Å². The molecule has 2 rings (SSSR count). The summed E-state index contributed by atoms with van der Waals surface area (Å²) in [5, 5.41) is 4.32. The fourth-order valence-corrected chi connectivity index (χ4v) is 2.47. The molecule has 5 nitrogen and oxygen atoms in total. The number of pyridine rings is 1. The van der Waals surface area contributed by atoms with Crippen molar-refractivity contribution < 1.29 is 9.53 Å². The number of nitrogens with one attached hydrogen (secondary N) is 1. The van der Waals surface area contributed by atoms with Gasteiger partial charge in [-0.3, -0.25) is 4.98 Å². The van der Waals surface area contributed by atoms with Gasteiger partial charge in [-0.25, -0.2) is 4.79 Å². The summed E-state index contributed by atoms with van der Waals surface area (Å²) in [6, 6.07) is 7.34. The highest BCUT2D eigenvalue weighted by molar-refractivity contribution is 6.32. The van der Waals surface area contributed by atoms with Gasteiger partial charge in [0.15, 0.2) is 0 Å². The zero-order valence-corrected chi connectivity index (χ0v) is 14.4. The van der Waals surface area contributed by atoms with Gasteiger partial charge in [0.1, 0.15) is 5.60 Å². The fourth-order valence-electron chi connectivity index (χ4n) is 2.24. The summed E-state index contributed by atoms with van der Waals surface area (Å²) in [6.07, 6.45) is 1.77. The van der Waals surface area contributed by atoms with Crippen molar-refractivity contribution in [3.05, 3.63) is 41.0 Å². The molecule has 1 atom stereocenters. The maximum absolute atomic E-state index is 11.7. The molecule has 0 spiro atoms. The number of rotatable bonds is 4. The van der Waals surface area contributed by atoms with E-state index in [-0.39, 0.29) is 6.04 Å². The van der Waals surface area contributed by atoms with E-state index in [1.165, 1.54) is 0 Å². The Bertz CT molecular complexity index is 698. The highest BCUT2D eigenvalue weighted by Crippen LogP contribution is 2.25. The van der Waals surface area contributed by atoms with Crippen LogP contribution in [0, 0.1) is 0 Å². The summed E-state index contributed by atoms with van der Waals surface area (Å²) in [5.41, 5.74) is 7.32. The van der Waals surface area contributed by atoms with Gasteiger partial charge in [-0.2, -0.15) is 0 Å². The van der Waals surface area contributed by atoms with E-state index in [4.69, 9.17) is 22.1 Å². The van der Waals surface area contributed by atoms with E-state index in [9.17, 15) is 4.79 Å². The Balaban J connectivity index is 2.02. The lowest BCUT2D eigenvalue weighted by atomic mass is 10.0. The predicted molar refractivity (Wildman–Crippen MR) is 92.7 cm³/mol. The van der Waals surface area contributed by atoms with Crippen LogP contribution in [0.4, 0.5) is 4.79 Å². The third-order valence-electron chi connectivity index (χ3n) is 3.20. The minimum absolute atomic E-state index is 0.285. The molecule has 2 aromatic rings. The first kappa shape index (κ1) is 17.5. The van der Waals surface area contributed by atoms with Crippen LogP contribution in [0.2, 0.25) is 5.02 Å². The Hall–Kier alpha value is -1.85. The molecule has 6 heteroatoms. The number of hydrogen-bond donors (Lipinski definition) is 2. The number of ether oxygens (including phenoxy) is 1. The monoisotopic (exact) mass is 335 g/mol. The van der Waals surface area contributed by atoms with Crippen LogP contribution in [-0.4, -0.2) is 29.3 Å². The summed E-state index contributed by atoms with van der Waals surface area (Å²) in [5.74, 6) is 0. The van der Waals surface area contributed by atoms with Gasteiger partial charge in [-0.15, -0.1) is 0 Å². The summed E-state index contributed by atoms with van der Waals surface area (Å²) >= 11 is 6.29. The van der Waals surface area contributed by atoms with Crippen molar-refractivity contribution >= 4 is 28.6 Å². The lowest BCUT2D eigenvalue weighted by Gasteiger charge is -2.21. The molecule has 1 heterocycles. The van der Waals surface area contributed by atoms with Gasteiger partial charge in [-0.05, 0) is 44.9 Å². The van der Waals surface area contributed by atoms with E-state index in [1.54, 1.807) is 6.20 Å². The number of carbonyl (C=O) groups is 1. The Labute approximate surface area is 141 Å². The lowest BCUT2D eigenvalue weighted by Crippen LogP contribution is -2.41. The van der Waals surface area contributed by atoms with Gasteiger partial charge in [0.2, 0.25) is 0 Å². The molecule has 1 amide bonds. The highest BCUT2D eigenvalue weighted by atomic mass is 35.5. The molecule has 0 radical (unpaired) electrons. The van der Waals surface area contributed by atoms with Gasteiger partial charge in [0.25, 0.3) is 0 Å². The molecular formula is C17H22ClN3O2. The Morgan fingerprint density at radius 2 is 2.13 bits per heavy atom. The minimum atomic E-state index is -0.531. The second-order valence-corrected chi connectivity index (χ2v) is 6.86. The predicted octanol–water partition coefficient (Wildman–Crippen LogP) is 3.28. The van der Waals surface area contributed by atoms with E-state index in [0.29, 0.717) is 18.0 Å². The van der Waals surface area contributed by atoms with E-state index >= 15 is 0 Å². The highest BCUT2D eigenvalue weighted by Gasteiger charge is 2.17. The average molecular weight is 336 g/mol. The lowest BCUT2D eigenvalue weighted by molar-refractivity contribution is 0.0524. The number of alkyl carbamates (subject to hydrolysis) is 1. The van der Waals surface area contributed by atoms with Gasteiger partial charge < -0.3 is 15.8 Å². The van der Waals surface area contributed by atoms with E-state index in [1.807, 2.05) is 45.0 Å². The number of aromatic nitrogens is 1. The Morgan fingerprint density at radius 1 is 1.39 bits per heavy atom. The normalized spacial score (nSPS) is 12.9. The zero-order chi connectivity index (χ0) is 17.0. The largest absolute Gasteiger partial charge is 0.444 e. The van der Waals surface area contributed by atoms with Crippen LogP contribution in [0.1, 0.15) is 26.3 Å². The van der Waals surface area contributed by atoms with Crippen LogP contribution in [0.25, 0.3) is 10.9 Å². The van der Waals surface area contributed by atoms with Crippen molar-refractivity contribution in [1.29, 1.82) is 0 Å². The van der Waals surface area contributed by atoms with Gasteiger partial charge in [0.05, 0.1) is 5.52 Å². The van der Waals surface area contributed by atoms with Crippen LogP contribution in [-0.2, 0) is 11.2 Å². The van der Waals surface area contributed by atoms with Gasteiger partial charge in [0, 0.05) is 29.2 Å². The van der Waals surface area contributed by atoms with Crippen LogP contribution < -0.4 is 11.1 Å². The van der Waals surface area contributed by atoms with Gasteiger partial charge in [-0.1, -0.05) is 23.7 Å². The second kappa shape index (κ2) is 7.15. The van der Waals surface area contributed by atoms with Crippen molar-refractivity contribution in [2.45, 2.75) is 38.8 Å². The maximum atomic E-state index is 11.7. The summed E-state index contributed by atoms with van der Waals surface area (Å²) < 4.78 is 5.19. The number of nitrogens with zero attached hydrogens (tertiary/aromatic N) is 1. The van der Waals surface area contributed by atoms with E-state index in [2.05, 4.69) is 10.3 Å². The number of benzene rings is 1. The second-order valence-electron chi connectivity index (χ2n) is 6.45. The molecule has 23 heavy (non-hydrogen) atoms. The quantitative estimate of drug-likeness (QED) is 0.898. The number of halogens is 1. The van der Waals surface area contributed by atoms with E-state index < -0.39 is 11.7 Å². The molecule has 0 saturated carbocycles. The molecule has 0 bridgehead atoms. The first-order valence-electron chi connectivity index (χ1n) is 7.51. The molecule has 0 aliphatic rings. The molecule has 3 N–H and O–H groups in total. The number of amides is 1. The topological polar surface area (TPSA) is 77.2 Å². The van der Waals surface area contributed by atoms with Crippen LogP contribution >= 0.6 is 11.6 Å². The van der Waals surface area contributed by atoms with Crippen molar-refractivity contribution in [2.75, 3.05) is 6.54 Å². The minimum Gasteiger partial charge on any atom is -0.444 e. The summed E-state index contributed by atoms with van der Waals surface area (Å²) in [4.78, 5) is 16.1. The van der Waals surface area contributed by atoms with Crippen molar-refractivity contribution in [3.8, 4) is 0 Å². The first-order valence-corrected chi connectivity index (χ1v) is 7.88. The number of carbonyl (C=O) groups excluding carboxylic acids is 1. The third kappa shape index (κ3) is 5.08. The molecule has 1 aromatic carbocycles. The van der Waals surface area contributed by atoms with Gasteiger partial charge >= 0.3 is 6.09 Å². The van der Waals surface area contributed by atoms with Crippen LogP contribution in [0.3, 0.4) is 0 Å². The average Bonchev–Trinajstić information content (AvgIpc) is 2.46. The van der Waals surface area contributed by atoms with E-state index in [0.717, 1.165) is 16.5 Å². The van der Waals surface area contributed by atoms with Crippen molar-refractivity contribution in [3.63, 3.8) is 0 Å². The standard InChI is InChI=1S/C17H22ClN3O2/c1-17(2,3)23-16(22)21-10-12(19)9-13-14(18)7-6-11-5-4-8-20-15(11)13/h4-8,12H,9-10,19H2,1-3H3,(H,21,22). The SMILES string of the molecule is CC(C)(C)OC(=O)NCC(N)Cc1c(Cl)ccc2cccnc12. The molecule has 1 aromatic heterocycles. The van der Waals surface area contributed by atoms with Crippen LogP contribution in [0.5, 0.6) is 0 Å². The summed E-state index contributed by atoms with van der Waals surface area (Å²) in [6.45, 7) is 5.74. The van der Waals surface area contributed by atoms with Crippen molar-refractivity contribution in [1.82, 2.24) is 10.3 Å². The first-order chi connectivity index (χ1) is 10.8. The molecule has 1 unspecified atom stereocenters. The van der Waals surface area contributed by atoms with Crippen LogP contribution in [0.15, 0.2) is 30.5 Å². The zero-order valence-electron chi connectivity index (χ0n) is 13.6. The summed E-state index contributed by atoms with van der Waals surface area (Å²) in [7, 11) is 0. The molecule has 0 aliphatic heterocycles. The smallest absolute Gasteiger partial charge is 0.407 e.